The number of halogens is 2. The molecule has 0 aliphatic carbocycles. The molecule has 134 valence electrons. The maximum atomic E-state index is 12.1. The Kier molecular flexibility index (Phi) is 5.43. The predicted octanol–water partition coefficient (Wildman–Crippen LogP) is 2.29. The molecule has 2 N–H and O–H groups in total. The highest BCUT2D eigenvalue weighted by Gasteiger charge is 2.27. The number of fused-ring (bicyclic) bond motifs is 1. The molecule has 7 nitrogen and oxygen atoms in total. The van der Waals surface area contributed by atoms with Crippen molar-refractivity contribution < 1.29 is 19.1 Å². The number of hydrogen-bond donors (Lipinski definition) is 2. The molecule has 1 heterocycles. The molecule has 3 amide bonds. The second-order valence-electron chi connectivity index (χ2n) is 5.39. The predicted molar refractivity (Wildman–Crippen MR) is 99.1 cm³/mol. The lowest BCUT2D eigenvalue weighted by molar-refractivity contribution is -0.125. The molecule has 2 aromatic rings. The quantitative estimate of drug-likeness (QED) is 0.720. The Labute approximate surface area is 162 Å². The SMILES string of the molecule is O=C(CN1C(=O)COc2cc(Br)ccc21)NNC(=O)c1cccc(Cl)c1. The van der Waals surface area contributed by atoms with E-state index in [0.29, 0.717) is 22.0 Å². The monoisotopic (exact) mass is 437 g/mol. The summed E-state index contributed by atoms with van der Waals surface area (Å²) in [5.41, 5.74) is 5.36. The summed E-state index contributed by atoms with van der Waals surface area (Å²) >= 11 is 9.15. The first kappa shape index (κ1) is 18.2. The molecule has 0 spiro atoms. The largest absolute Gasteiger partial charge is 0.482 e. The molecule has 9 heteroatoms. The topological polar surface area (TPSA) is 87.7 Å². The standard InChI is InChI=1S/C17H13BrClN3O4/c18-11-4-5-13-14(7-11)26-9-16(24)22(13)8-15(23)20-21-17(25)10-2-1-3-12(19)6-10/h1-7H,8-9H2,(H,20,23)(H,21,25). The first-order chi connectivity index (χ1) is 12.4. The van der Waals surface area contributed by atoms with Gasteiger partial charge in [0.1, 0.15) is 12.3 Å². The van der Waals surface area contributed by atoms with Crippen LogP contribution in [0.15, 0.2) is 46.9 Å². The van der Waals surface area contributed by atoms with E-state index < -0.39 is 11.8 Å². The molecule has 0 saturated heterocycles. The number of amides is 3. The lowest BCUT2D eigenvalue weighted by atomic mass is 10.2. The van der Waals surface area contributed by atoms with Crippen molar-refractivity contribution >= 4 is 50.9 Å². The summed E-state index contributed by atoms with van der Waals surface area (Å²) in [6.07, 6.45) is 0. The van der Waals surface area contributed by atoms with E-state index in [1.165, 1.54) is 11.0 Å². The van der Waals surface area contributed by atoms with E-state index in [2.05, 4.69) is 26.8 Å². The molecule has 0 atom stereocenters. The Balaban J connectivity index is 1.63. The van der Waals surface area contributed by atoms with E-state index in [0.717, 1.165) is 4.47 Å². The van der Waals surface area contributed by atoms with Crippen molar-refractivity contribution in [2.45, 2.75) is 0 Å². The minimum absolute atomic E-state index is 0.161. The number of nitrogens with zero attached hydrogens (tertiary/aromatic N) is 1. The minimum Gasteiger partial charge on any atom is -0.482 e. The lowest BCUT2D eigenvalue weighted by Gasteiger charge is -2.28. The maximum Gasteiger partial charge on any atom is 0.269 e. The van der Waals surface area contributed by atoms with Crippen LogP contribution in [0, 0.1) is 0 Å². The van der Waals surface area contributed by atoms with Gasteiger partial charge >= 0.3 is 0 Å². The molecular weight excluding hydrogens is 426 g/mol. The molecule has 0 radical (unpaired) electrons. The fourth-order valence-electron chi connectivity index (χ4n) is 2.36. The van der Waals surface area contributed by atoms with E-state index in [1.807, 2.05) is 0 Å². The van der Waals surface area contributed by atoms with Gasteiger partial charge in [-0.3, -0.25) is 30.1 Å². The van der Waals surface area contributed by atoms with Crippen LogP contribution in [0.1, 0.15) is 10.4 Å². The summed E-state index contributed by atoms with van der Waals surface area (Å²) in [5.74, 6) is -0.922. The van der Waals surface area contributed by atoms with E-state index >= 15 is 0 Å². The van der Waals surface area contributed by atoms with Crippen LogP contribution in [0.5, 0.6) is 5.75 Å². The smallest absolute Gasteiger partial charge is 0.269 e. The molecule has 2 aromatic carbocycles. The van der Waals surface area contributed by atoms with E-state index in [4.69, 9.17) is 16.3 Å². The first-order valence-electron chi connectivity index (χ1n) is 7.51. The molecule has 0 saturated carbocycles. The van der Waals surface area contributed by atoms with Crippen LogP contribution in [0.25, 0.3) is 0 Å². The summed E-state index contributed by atoms with van der Waals surface area (Å²) in [7, 11) is 0. The van der Waals surface area contributed by atoms with Crippen LogP contribution in [-0.4, -0.2) is 30.9 Å². The van der Waals surface area contributed by atoms with Gasteiger partial charge in [-0.1, -0.05) is 33.6 Å². The summed E-state index contributed by atoms with van der Waals surface area (Å²) in [6, 6.07) is 11.4. The number of hydrogen-bond acceptors (Lipinski definition) is 4. The molecule has 0 aromatic heterocycles. The van der Waals surface area contributed by atoms with Crippen LogP contribution in [0.2, 0.25) is 5.02 Å². The number of nitrogens with one attached hydrogen (secondary N) is 2. The fraction of sp³-hybridized carbons (Fsp3) is 0.118. The molecule has 26 heavy (non-hydrogen) atoms. The van der Waals surface area contributed by atoms with Gasteiger partial charge in [0.15, 0.2) is 6.61 Å². The number of rotatable bonds is 3. The molecular formula is C17H13BrClN3O4. The molecule has 0 fully saturated rings. The number of hydrazine groups is 1. The zero-order valence-electron chi connectivity index (χ0n) is 13.3. The average Bonchev–Trinajstić information content (AvgIpc) is 2.62. The van der Waals surface area contributed by atoms with Crippen molar-refractivity contribution in [3.63, 3.8) is 0 Å². The third-order valence-corrected chi connectivity index (χ3v) is 4.30. The number of anilines is 1. The normalized spacial score (nSPS) is 12.8. The first-order valence-corrected chi connectivity index (χ1v) is 8.68. The molecule has 0 unspecified atom stereocenters. The summed E-state index contributed by atoms with van der Waals surface area (Å²) in [5, 5.41) is 0.408. The van der Waals surface area contributed by atoms with Crippen molar-refractivity contribution in [1.29, 1.82) is 0 Å². The minimum atomic E-state index is -0.551. The van der Waals surface area contributed by atoms with Gasteiger partial charge in [0.25, 0.3) is 17.7 Å². The van der Waals surface area contributed by atoms with Gasteiger partial charge in [-0.15, -0.1) is 0 Å². The van der Waals surface area contributed by atoms with Crippen LogP contribution in [0.4, 0.5) is 5.69 Å². The molecule has 1 aliphatic rings. The second kappa shape index (κ2) is 7.76. The van der Waals surface area contributed by atoms with Gasteiger partial charge in [0.05, 0.1) is 5.69 Å². The Bertz CT molecular complexity index is 890. The van der Waals surface area contributed by atoms with Crippen molar-refractivity contribution in [3.05, 3.63) is 57.5 Å². The Morgan fingerprint density at radius 1 is 1.19 bits per heavy atom. The van der Waals surface area contributed by atoms with Crippen LogP contribution in [-0.2, 0) is 9.59 Å². The van der Waals surface area contributed by atoms with Gasteiger partial charge in [-0.2, -0.15) is 0 Å². The number of carbonyl (C=O) groups is 3. The number of benzene rings is 2. The fourth-order valence-corrected chi connectivity index (χ4v) is 2.89. The van der Waals surface area contributed by atoms with Crippen LogP contribution < -0.4 is 20.5 Å². The highest BCUT2D eigenvalue weighted by atomic mass is 79.9. The summed E-state index contributed by atoms with van der Waals surface area (Å²) in [6.45, 7) is -0.418. The Morgan fingerprint density at radius 2 is 2.00 bits per heavy atom. The third kappa shape index (κ3) is 4.14. The van der Waals surface area contributed by atoms with Crippen molar-refractivity contribution in [1.82, 2.24) is 10.9 Å². The van der Waals surface area contributed by atoms with Crippen molar-refractivity contribution in [3.8, 4) is 5.75 Å². The van der Waals surface area contributed by atoms with Crippen LogP contribution >= 0.6 is 27.5 Å². The van der Waals surface area contributed by atoms with Gasteiger partial charge < -0.3 is 4.74 Å². The van der Waals surface area contributed by atoms with E-state index in [1.54, 1.807) is 36.4 Å². The van der Waals surface area contributed by atoms with Crippen molar-refractivity contribution in [2.24, 2.45) is 0 Å². The maximum absolute atomic E-state index is 12.1. The zero-order chi connectivity index (χ0) is 18.7. The summed E-state index contributed by atoms with van der Waals surface area (Å²) < 4.78 is 6.16. The molecule has 0 bridgehead atoms. The van der Waals surface area contributed by atoms with E-state index in [-0.39, 0.29) is 19.1 Å². The average molecular weight is 439 g/mol. The highest BCUT2D eigenvalue weighted by molar-refractivity contribution is 9.10. The van der Waals surface area contributed by atoms with Gasteiger partial charge in [-0.25, -0.2) is 0 Å². The molecule has 3 rings (SSSR count). The second-order valence-corrected chi connectivity index (χ2v) is 6.75. The third-order valence-electron chi connectivity index (χ3n) is 3.57. The zero-order valence-corrected chi connectivity index (χ0v) is 15.6. The lowest BCUT2D eigenvalue weighted by Crippen LogP contribution is -2.49. The highest BCUT2D eigenvalue weighted by Crippen LogP contribution is 2.34. The van der Waals surface area contributed by atoms with Crippen molar-refractivity contribution in [2.75, 3.05) is 18.1 Å². The van der Waals surface area contributed by atoms with Gasteiger partial charge in [0, 0.05) is 15.1 Å². The Hall–Kier alpha value is -2.58. The number of ether oxygens (including phenoxy) is 1. The summed E-state index contributed by atoms with van der Waals surface area (Å²) in [4.78, 5) is 37.5. The molecule has 1 aliphatic heterocycles. The Morgan fingerprint density at radius 3 is 2.77 bits per heavy atom. The van der Waals surface area contributed by atoms with E-state index in [9.17, 15) is 14.4 Å². The number of carbonyl (C=O) groups excluding carboxylic acids is 3. The van der Waals surface area contributed by atoms with Crippen LogP contribution in [0.3, 0.4) is 0 Å². The van der Waals surface area contributed by atoms with Gasteiger partial charge in [-0.05, 0) is 36.4 Å². The van der Waals surface area contributed by atoms with Gasteiger partial charge in [0.2, 0.25) is 0 Å².